The maximum absolute atomic E-state index is 13.3. The zero-order valence-corrected chi connectivity index (χ0v) is 21.2. The Labute approximate surface area is 215 Å². The fraction of sp³-hybridized carbons (Fsp3) is 0.286. The first kappa shape index (κ1) is 25.1. The van der Waals surface area contributed by atoms with Gasteiger partial charge in [0.1, 0.15) is 17.9 Å². The monoisotopic (exact) mass is 511 g/mol. The van der Waals surface area contributed by atoms with E-state index in [9.17, 15) is 14.7 Å². The molecule has 1 amide bonds. The lowest BCUT2D eigenvalue weighted by Gasteiger charge is -2.24. The predicted molar refractivity (Wildman–Crippen MR) is 138 cm³/mol. The molecule has 1 N–H and O–H groups in total. The van der Waals surface area contributed by atoms with Crippen LogP contribution in [0.2, 0.25) is 10.0 Å². The Morgan fingerprint density at radius 1 is 1.06 bits per heavy atom. The number of carbonyl (C=O) groups is 2. The molecule has 1 aliphatic heterocycles. The van der Waals surface area contributed by atoms with E-state index in [1.165, 1.54) is 16.0 Å². The molecular formula is C28H27Cl2NO4. The van der Waals surface area contributed by atoms with Crippen LogP contribution in [0.1, 0.15) is 46.5 Å². The Morgan fingerprint density at radius 3 is 2.46 bits per heavy atom. The average Bonchev–Trinajstić information content (AvgIpc) is 3.16. The number of rotatable bonds is 8. The second-order valence-corrected chi connectivity index (χ2v) is 9.95. The summed E-state index contributed by atoms with van der Waals surface area (Å²) in [6.45, 7) is 3.78. The molecule has 1 heterocycles. The van der Waals surface area contributed by atoms with Crippen molar-refractivity contribution in [1.82, 2.24) is 4.90 Å². The zero-order chi connectivity index (χ0) is 25.2. The number of carboxylic acids is 1. The molecule has 1 aliphatic rings. The molecule has 4 rings (SSSR count). The second-order valence-electron chi connectivity index (χ2n) is 9.17. The van der Waals surface area contributed by atoms with Crippen molar-refractivity contribution in [3.63, 3.8) is 0 Å². The molecule has 0 fully saturated rings. The van der Waals surface area contributed by atoms with E-state index in [1.54, 1.807) is 36.4 Å². The summed E-state index contributed by atoms with van der Waals surface area (Å²) in [6, 6.07) is 18.9. The third-order valence-corrected chi connectivity index (χ3v) is 7.10. The van der Waals surface area contributed by atoms with Gasteiger partial charge in [-0.3, -0.25) is 9.59 Å². The summed E-state index contributed by atoms with van der Waals surface area (Å²) in [5.74, 6) is -0.755. The maximum Gasteiger partial charge on any atom is 0.323 e. The number of aliphatic carboxylic acids is 1. The third-order valence-electron chi connectivity index (χ3n) is 6.24. The van der Waals surface area contributed by atoms with Crippen molar-refractivity contribution in [2.24, 2.45) is 0 Å². The highest BCUT2D eigenvalue weighted by molar-refractivity contribution is 6.42. The first-order valence-corrected chi connectivity index (χ1v) is 12.3. The van der Waals surface area contributed by atoms with E-state index in [-0.39, 0.29) is 6.54 Å². The van der Waals surface area contributed by atoms with Gasteiger partial charge in [-0.25, -0.2) is 0 Å². The molecule has 1 atom stereocenters. The highest BCUT2D eigenvalue weighted by Gasteiger charge is 2.35. The molecule has 182 valence electrons. The van der Waals surface area contributed by atoms with Crippen LogP contribution in [0.25, 0.3) is 0 Å². The SMILES string of the molecule is CCc1ccc(CC2(C)Cc3cc(C(=O)N(CC(=O)O)Cc4cccc(Cl)c4Cl)ccc3O2)cc1. The van der Waals surface area contributed by atoms with Crippen LogP contribution in [0.15, 0.2) is 60.7 Å². The van der Waals surface area contributed by atoms with Crippen LogP contribution in [0.4, 0.5) is 0 Å². The molecule has 5 nitrogen and oxygen atoms in total. The van der Waals surface area contributed by atoms with Crippen LogP contribution in [0.5, 0.6) is 5.75 Å². The lowest BCUT2D eigenvalue weighted by molar-refractivity contribution is -0.137. The van der Waals surface area contributed by atoms with E-state index in [0.29, 0.717) is 27.6 Å². The van der Waals surface area contributed by atoms with Crippen molar-refractivity contribution in [3.8, 4) is 5.75 Å². The molecule has 1 unspecified atom stereocenters. The minimum absolute atomic E-state index is 0.0313. The molecule has 0 saturated carbocycles. The quantitative estimate of drug-likeness (QED) is 0.389. The highest BCUT2D eigenvalue weighted by Crippen LogP contribution is 2.38. The van der Waals surface area contributed by atoms with Gasteiger partial charge in [0, 0.05) is 24.9 Å². The lowest BCUT2D eigenvalue weighted by atomic mass is 9.91. The molecule has 35 heavy (non-hydrogen) atoms. The van der Waals surface area contributed by atoms with E-state index < -0.39 is 24.0 Å². The maximum atomic E-state index is 13.3. The van der Waals surface area contributed by atoms with Gasteiger partial charge in [0.2, 0.25) is 0 Å². The molecule has 0 saturated heterocycles. The van der Waals surface area contributed by atoms with Crippen molar-refractivity contribution >= 4 is 35.1 Å². The number of amides is 1. The van der Waals surface area contributed by atoms with Gasteiger partial charge in [-0.15, -0.1) is 0 Å². The van der Waals surface area contributed by atoms with Crippen LogP contribution in [-0.4, -0.2) is 34.0 Å². The Balaban J connectivity index is 1.53. The Morgan fingerprint density at radius 2 is 1.77 bits per heavy atom. The smallest absolute Gasteiger partial charge is 0.323 e. The third kappa shape index (κ3) is 5.80. The van der Waals surface area contributed by atoms with E-state index >= 15 is 0 Å². The summed E-state index contributed by atoms with van der Waals surface area (Å²) in [4.78, 5) is 26.1. The van der Waals surface area contributed by atoms with Crippen LogP contribution in [0.3, 0.4) is 0 Å². The molecule has 0 bridgehead atoms. The number of nitrogens with zero attached hydrogens (tertiary/aromatic N) is 1. The van der Waals surface area contributed by atoms with Gasteiger partial charge in [-0.2, -0.15) is 0 Å². The number of halogens is 2. The fourth-order valence-electron chi connectivity index (χ4n) is 4.50. The first-order chi connectivity index (χ1) is 16.7. The van der Waals surface area contributed by atoms with Gasteiger partial charge in [-0.05, 0) is 59.9 Å². The normalized spacial score (nSPS) is 16.5. The molecule has 0 radical (unpaired) electrons. The first-order valence-electron chi connectivity index (χ1n) is 11.5. The molecule has 0 aromatic heterocycles. The minimum atomic E-state index is -1.11. The van der Waals surface area contributed by atoms with Gasteiger partial charge in [0.15, 0.2) is 0 Å². The summed E-state index contributed by atoms with van der Waals surface area (Å²) in [7, 11) is 0. The Hall–Kier alpha value is -3.02. The average molecular weight is 512 g/mol. The summed E-state index contributed by atoms with van der Waals surface area (Å²) >= 11 is 12.4. The summed E-state index contributed by atoms with van der Waals surface area (Å²) < 4.78 is 6.29. The number of hydrogen-bond donors (Lipinski definition) is 1. The summed E-state index contributed by atoms with van der Waals surface area (Å²) in [5, 5.41) is 10.1. The van der Waals surface area contributed by atoms with Gasteiger partial charge in [0.25, 0.3) is 5.91 Å². The number of carboxylic acid groups (broad SMARTS) is 1. The van der Waals surface area contributed by atoms with Crippen molar-refractivity contribution < 1.29 is 19.4 Å². The van der Waals surface area contributed by atoms with Crippen molar-refractivity contribution in [2.45, 2.75) is 45.3 Å². The largest absolute Gasteiger partial charge is 0.487 e. The van der Waals surface area contributed by atoms with Gasteiger partial charge in [0.05, 0.1) is 10.0 Å². The Kier molecular flexibility index (Phi) is 7.39. The highest BCUT2D eigenvalue weighted by atomic mass is 35.5. The summed E-state index contributed by atoms with van der Waals surface area (Å²) in [6.07, 6.45) is 2.39. The number of fused-ring (bicyclic) bond motifs is 1. The molecule has 0 aliphatic carbocycles. The second kappa shape index (κ2) is 10.3. The number of ether oxygens (including phenoxy) is 1. The minimum Gasteiger partial charge on any atom is -0.487 e. The van der Waals surface area contributed by atoms with E-state index in [0.717, 1.165) is 24.2 Å². The zero-order valence-electron chi connectivity index (χ0n) is 19.7. The van der Waals surface area contributed by atoms with Crippen molar-refractivity contribution in [3.05, 3.63) is 98.5 Å². The molecule has 3 aromatic rings. The fourth-order valence-corrected chi connectivity index (χ4v) is 4.88. The predicted octanol–water partition coefficient (Wildman–Crippen LogP) is 6.22. The molecular weight excluding hydrogens is 485 g/mol. The van der Waals surface area contributed by atoms with Gasteiger partial charge < -0.3 is 14.7 Å². The van der Waals surface area contributed by atoms with E-state index in [1.807, 2.05) is 0 Å². The van der Waals surface area contributed by atoms with Crippen molar-refractivity contribution in [1.29, 1.82) is 0 Å². The Bertz CT molecular complexity index is 1260. The molecule has 7 heteroatoms. The van der Waals surface area contributed by atoms with Crippen LogP contribution in [0, 0.1) is 0 Å². The number of carbonyl (C=O) groups excluding carboxylic acids is 1. The van der Waals surface area contributed by atoms with Crippen LogP contribution >= 0.6 is 23.2 Å². The molecule has 3 aromatic carbocycles. The number of benzene rings is 3. The summed E-state index contributed by atoms with van der Waals surface area (Å²) in [5.41, 5.74) is 3.98. The number of hydrogen-bond acceptors (Lipinski definition) is 3. The van der Waals surface area contributed by atoms with Crippen LogP contribution in [-0.2, 0) is 30.6 Å². The molecule has 0 spiro atoms. The standard InChI is InChI=1S/C28H27Cl2NO4/c1-3-18-7-9-19(10-8-18)14-28(2)15-22-13-20(11-12-24(22)35-28)27(34)31(17-25(32)33)16-21-5-4-6-23(29)26(21)30/h4-13H,3,14-17H2,1-2H3,(H,32,33). The van der Waals surface area contributed by atoms with Gasteiger partial charge >= 0.3 is 5.97 Å². The van der Waals surface area contributed by atoms with Crippen LogP contribution < -0.4 is 4.74 Å². The van der Waals surface area contributed by atoms with E-state index in [2.05, 4.69) is 38.1 Å². The lowest BCUT2D eigenvalue weighted by Crippen LogP contribution is -2.35. The topological polar surface area (TPSA) is 66.8 Å². The number of aryl methyl sites for hydroxylation is 1. The van der Waals surface area contributed by atoms with Crippen molar-refractivity contribution in [2.75, 3.05) is 6.54 Å². The van der Waals surface area contributed by atoms with Gasteiger partial charge in [-0.1, -0.05) is 66.5 Å². The van der Waals surface area contributed by atoms with E-state index in [4.69, 9.17) is 27.9 Å².